The molecule has 1 unspecified atom stereocenters. The molecule has 2 saturated heterocycles. The Labute approximate surface area is 115 Å². The molecule has 0 spiro atoms. The van der Waals surface area contributed by atoms with Gasteiger partial charge in [-0.3, -0.25) is 0 Å². The molecule has 0 N–H and O–H groups in total. The van der Waals surface area contributed by atoms with Gasteiger partial charge in [-0.15, -0.1) is 0 Å². The molecule has 0 bridgehead atoms. The molecule has 3 rings (SSSR count). The summed E-state index contributed by atoms with van der Waals surface area (Å²) in [4.78, 5) is 0. The van der Waals surface area contributed by atoms with Crippen LogP contribution in [0.15, 0.2) is 16.8 Å². The van der Waals surface area contributed by atoms with Gasteiger partial charge < -0.3 is 18.9 Å². The standard InChI is InChI=1S/C13H17FO4S/c1-8-10(15-5-9-3-4-19-6-9)11-12(16-8)18-13(2,7-14)17-11/h3-4,6,8,10-12H,5,7H2,1-2H3/t8-,10+,11-,12-,13?/m1/s1. The zero-order valence-electron chi connectivity index (χ0n) is 10.9. The van der Waals surface area contributed by atoms with Gasteiger partial charge in [-0.2, -0.15) is 11.3 Å². The highest BCUT2D eigenvalue weighted by atomic mass is 32.1. The van der Waals surface area contributed by atoms with Crippen molar-refractivity contribution in [2.45, 2.75) is 50.8 Å². The molecule has 0 aromatic carbocycles. The van der Waals surface area contributed by atoms with Crippen molar-refractivity contribution in [2.75, 3.05) is 6.67 Å². The number of hydrogen-bond donors (Lipinski definition) is 0. The van der Waals surface area contributed by atoms with E-state index in [2.05, 4.69) is 0 Å². The van der Waals surface area contributed by atoms with Crippen molar-refractivity contribution in [3.63, 3.8) is 0 Å². The van der Waals surface area contributed by atoms with Crippen molar-refractivity contribution in [3.05, 3.63) is 22.4 Å². The zero-order chi connectivity index (χ0) is 13.5. The molecule has 2 fully saturated rings. The van der Waals surface area contributed by atoms with Crippen LogP contribution in [0, 0.1) is 0 Å². The van der Waals surface area contributed by atoms with Crippen LogP contribution in [0.2, 0.25) is 0 Å². The van der Waals surface area contributed by atoms with Crippen molar-refractivity contribution >= 4 is 11.3 Å². The predicted molar refractivity (Wildman–Crippen MR) is 67.6 cm³/mol. The number of rotatable bonds is 4. The molecule has 0 radical (unpaired) electrons. The molecular weight excluding hydrogens is 271 g/mol. The minimum atomic E-state index is -1.21. The van der Waals surface area contributed by atoms with Gasteiger partial charge in [-0.1, -0.05) is 0 Å². The minimum absolute atomic E-state index is 0.127. The second-order valence-corrected chi connectivity index (χ2v) is 5.86. The van der Waals surface area contributed by atoms with E-state index in [0.29, 0.717) is 6.61 Å². The fraction of sp³-hybridized carbons (Fsp3) is 0.692. The number of halogens is 1. The second-order valence-electron chi connectivity index (χ2n) is 5.08. The molecular formula is C13H17FO4S. The summed E-state index contributed by atoms with van der Waals surface area (Å²) in [6.45, 7) is 3.29. The van der Waals surface area contributed by atoms with Gasteiger partial charge in [-0.05, 0) is 36.2 Å². The Morgan fingerprint density at radius 1 is 1.47 bits per heavy atom. The molecule has 1 aromatic heterocycles. The summed E-state index contributed by atoms with van der Waals surface area (Å²) >= 11 is 1.63. The number of alkyl halides is 1. The summed E-state index contributed by atoms with van der Waals surface area (Å²) in [7, 11) is 0. The fourth-order valence-corrected chi connectivity index (χ4v) is 3.08. The molecule has 3 heterocycles. The van der Waals surface area contributed by atoms with Gasteiger partial charge in [0.2, 0.25) is 0 Å². The number of hydrogen-bond acceptors (Lipinski definition) is 5. The zero-order valence-corrected chi connectivity index (χ0v) is 11.7. The molecule has 2 aliphatic rings. The topological polar surface area (TPSA) is 36.9 Å². The number of thiophene rings is 1. The van der Waals surface area contributed by atoms with Crippen LogP contribution in [0.5, 0.6) is 0 Å². The molecule has 2 aliphatic heterocycles. The molecule has 0 saturated carbocycles. The summed E-state index contributed by atoms with van der Waals surface area (Å²) in [6.07, 6.45) is -1.27. The Balaban J connectivity index is 1.64. The van der Waals surface area contributed by atoms with E-state index in [-0.39, 0.29) is 18.3 Å². The second kappa shape index (κ2) is 5.10. The lowest BCUT2D eigenvalue weighted by atomic mass is 10.1. The first-order valence-electron chi connectivity index (χ1n) is 6.31. The molecule has 5 atom stereocenters. The largest absolute Gasteiger partial charge is 0.368 e. The highest BCUT2D eigenvalue weighted by Gasteiger charge is 2.55. The van der Waals surface area contributed by atoms with E-state index in [0.717, 1.165) is 5.56 Å². The average Bonchev–Trinajstić information content (AvgIpc) is 3.04. The van der Waals surface area contributed by atoms with E-state index in [1.54, 1.807) is 18.3 Å². The Morgan fingerprint density at radius 2 is 2.32 bits per heavy atom. The van der Waals surface area contributed by atoms with E-state index < -0.39 is 18.8 Å². The maximum atomic E-state index is 12.9. The van der Waals surface area contributed by atoms with Gasteiger partial charge in [-0.25, -0.2) is 4.39 Å². The molecule has 19 heavy (non-hydrogen) atoms. The van der Waals surface area contributed by atoms with Crippen LogP contribution < -0.4 is 0 Å². The van der Waals surface area contributed by atoms with Crippen LogP contribution in [0.3, 0.4) is 0 Å². The predicted octanol–water partition coefficient (Wildman–Crippen LogP) is 2.48. The third-order valence-corrected chi connectivity index (χ3v) is 4.15. The lowest BCUT2D eigenvalue weighted by molar-refractivity contribution is -0.231. The van der Waals surface area contributed by atoms with Gasteiger partial charge in [0.05, 0.1) is 12.7 Å². The number of ether oxygens (including phenoxy) is 4. The van der Waals surface area contributed by atoms with Gasteiger partial charge >= 0.3 is 0 Å². The Morgan fingerprint density at radius 3 is 3.00 bits per heavy atom. The van der Waals surface area contributed by atoms with Crippen molar-refractivity contribution in [1.82, 2.24) is 0 Å². The fourth-order valence-electron chi connectivity index (χ4n) is 2.43. The smallest absolute Gasteiger partial charge is 0.197 e. The summed E-state index contributed by atoms with van der Waals surface area (Å²) < 4.78 is 35.5. The van der Waals surface area contributed by atoms with Crippen molar-refractivity contribution in [3.8, 4) is 0 Å². The molecule has 0 amide bonds. The maximum absolute atomic E-state index is 12.9. The van der Waals surface area contributed by atoms with E-state index in [4.69, 9.17) is 18.9 Å². The maximum Gasteiger partial charge on any atom is 0.197 e. The van der Waals surface area contributed by atoms with Gasteiger partial charge in [0, 0.05) is 0 Å². The van der Waals surface area contributed by atoms with E-state index in [9.17, 15) is 4.39 Å². The summed E-state index contributed by atoms with van der Waals surface area (Å²) in [5.74, 6) is -1.21. The molecule has 4 nitrogen and oxygen atoms in total. The molecule has 1 aromatic rings. The first kappa shape index (κ1) is 13.5. The Kier molecular flexibility index (Phi) is 3.61. The third kappa shape index (κ3) is 2.55. The Hall–Kier alpha value is -0.530. The van der Waals surface area contributed by atoms with Crippen LogP contribution in [0.25, 0.3) is 0 Å². The minimum Gasteiger partial charge on any atom is -0.368 e. The van der Waals surface area contributed by atoms with Crippen LogP contribution in [-0.4, -0.2) is 37.1 Å². The lowest BCUT2D eigenvalue weighted by Gasteiger charge is -2.24. The van der Waals surface area contributed by atoms with E-state index >= 15 is 0 Å². The van der Waals surface area contributed by atoms with Crippen molar-refractivity contribution in [2.24, 2.45) is 0 Å². The van der Waals surface area contributed by atoms with Crippen LogP contribution in [-0.2, 0) is 25.6 Å². The van der Waals surface area contributed by atoms with Crippen molar-refractivity contribution in [1.29, 1.82) is 0 Å². The van der Waals surface area contributed by atoms with Gasteiger partial charge in [0.25, 0.3) is 0 Å². The molecule has 6 heteroatoms. The average molecular weight is 288 g/mol. The lowest BCUT2D eigenvalue weighted by Crippen LogP contribution is -2.37. The molecule has 106 valence electrons. The quantitative estimate of drug-likeness (QED) is 0.853. The van der Waals surface area contributed by atoms with Crippen LogP contribution in [0.1, 0.15) is 19.4 Å². The number of fused-ring (bicyclic) bond motifs is 1. The van der Waals surface area contributed by atoms with E-state index in [1.165, 1.54) is 0 Å². The highest BCUT2D eigenvalue weighted by Crippen LogP contribution is 2.39. The normalized spacial score (nSPS) is 41.6. The Bertz CT molecular complexity index is 426. The third-order valence-electron chi connectivity index (χ3n) is 3.42. The SMILES string of the molecule is C[C@H]1O[C@@H]2OC(C)(CF)O[C@@H]2[C@H]1OCc1ccsc1. The highest BCUT2D eigenvalue weighted by molar-refractivity contribution is 7.07. The van der Waals surface area contributed by atoms with Gasteiger partial charge in [0.1, 0.15) is 18.9 Å². The van der Waals surface area contributed by atoms with Crippen LogP contribution >= 0.6 is 11.3 Å². The van der Waals surface area contributed by atoms with E-state index in [1.807, 2.05) is 23.8 Å². The summed E-state index contributed by atoms with van der Waals surface area (Å²) in [5, 5.41) is 4.04. The first-order chi connectivity index (χ1) is 9.11. The van der Waals surface area contributed by atoms with Crippen LogP contribution in [0.4, 0.5) is 4.39 Å². The summed E-state index contributed by atoms with van der Waals surface area (Å²) in [5.41, 5.74) is 1.12. The first-order valence-corrected chi connectivity index (χ1v) is 7.25. The summed E-state index contributed by atoms with van der Waals surface area (Å²) in [6, 6.07) is 2.01. The molecule has 0 aliphatic carbocycles. The van der Waals surface area contributed by atoms with Crippen molar-refractivity contribution < 1.29 is 23.3 Å². The monoisotopic (exact) mass is 288 g/mol. The van der Waals surface area contributed by atoms with Gasteiger partial charge in [0.15, 0.2) is 12.1 Å².